The summed E-state index contributed by atoms with van der Waals surface area (Å²) in [5.74, 6) is 0. The molecule has 0 saturated carbocycles. The van der Waals surface area contributed by atoms with Gasteiger partial charge < -0.3 is 4.74 Å². The highest BCUT2D eigenvalue weighted by atomic mass is 16.5. The summed E-state index contributed by atoms with van der Waals surface area (Å²) in [6.07, 6.45) is 1.17. The molecule has 0 bridgehead atoms. The van der Waals surface area contributed by atoms with E-state index in [2.05, 4.69) is 37.9 Å². The van der Waals surface area contributed by atoms with Crippen molar-refractivity contribution in [1.29, 1.82) is 0 Å². The minimum atomic E-state index is -0.0456. The zero-order chi connectivity index (χ0) is 12.5. The summed E-state index contributed by atoms with van der Waals surface area (Å²) in [5, 5.41) is 0. The van der Waals surface area contributed by atoms with Crippen LogP contribution in [-0.2, 0) is 4.74 Å². The third-order valence-corrected chi connectivity index (χ3v) is 2.92. The molecule has 1 atom stereocenters. The third-order valence-electron chi connectivity index (χ3n) is 2.92. The molecular formula is C14H20N2O. The molecule has 1 unspecified atom stereocenters. The van der Waals surface area contributed by atoms with Crippen LogP contribution in [0.5, 0.6) is 0 Å². The van der Waals surface area contributed by atoms with Gasteiger partial charge in [-0.2, -0.15) is 0 Å². The Hall–Kier alpha value is -1.51. The SMILES string of the molecule is CC1CC(C)(C)N=C(N(C)c2ccccc2)O1. The second-order valence-corrected chi connectivity index (χ2v) is 5.23. The van der Waals surface area contributed by atoms with Crippen molar-refractivity contribution in [2.75, 3.05) is 11.9 Å². The van der Waals surface area contributed by atoms with E-state index in [1.807, 2.05) is 30.1 Å². The van der Waals surface area contributed by atoms with Gasteiger partial charge in [-0.25, -0.2) is 4.99 Å². The Morgan fingerprint density at radius 1 is 1.29 bits per heavy atom. The number of nitrogens with zero attached hydrogens (tertiary/aromatic N) is 2. The van der Waals surface area contributed by atoms with Crippen molar-refractivity contribution in [2.24, 2.45) is 4.99 Å². The lowest BCUT2D eigenvalue weighted by atomic mass is 9.97. The molecular weight excluding hydrogens is 212 g/mol. The topological polar surface area (TPSA) is 24.8 Å². The molecule has 0 aliphatic carbocycles. The Bertz CT molecular complexity index is 411. The Kier molecular flexibility index (Phi) is 3.09. The van der Waals surface area contributed by atoms with Gasteiger partial charge in [-0.05, 0) is 32.9 Å². The molecule has 17 heavy (non-hydrogen) atoms. The highest BCUT2D eigenvalue weighted by molar-refractivity contribution is 5.91. The fourth-order valence-corrected chi connectivity index (χ4v) is 2.17. The standard InChI is InChI=1S/C14H20N2O/c1-11-10-14(2,3)15-13(17-11)16(4)12-8-6-5-7-9-12/h5-9,11H,10H2,1-4H3. The van der Waals surface area contributed by atoms with Crippen LogP contribution in [0.1, 0.15) is 27.2 Å². The van der Waals surface area contributed by atoms with Crippen LogP contribution >= 0.6 is 0 Å². The summed E-state index contributed by atoms with van der Waals surface area (Å²) >= 11 is 0. The van der Waals surface area contributed by atoms with Crippen molar-refractivity contribution in [1.82, 2.24) is 0 Å². The third kappa shape index (κ3) is 2.78. The predicted molar refractivity (Wildman–Crippen MR) is 71.5 cm³/mol. The maximum Gasteiger partial charge on any atom is 0.292 e. The lowest BCUT2D eigenvalue weighted by Gasteiger charge is -2.34. The van der Waals surface area contributed by atoms with E-state index in [1.54, 1.807) is 0 Å². The maximum absolute atomic E-state index is 5.81. The molecule has 2 rings (SSSR count). The maximum atomic E-state index is 5.81. The van der Waals surface area contributed by atoms with E-state index in [0.717, 1.165) is 12.1 Å². The zero-order valence-electron chi connectivity index (χ0n) is 11.0. The van der Waals surface area contributed by atoms with E-state index in [9.17, 15) is 0 Å². The second kappa shape index (κ2) is 4.40. The number of benzene rings is 1. The molecule has 1 aromatic rings. The Morgan fingerprint density at radius 3 is 2.53 bits per heavy atom. The molecule has 0 amide bonds. The first-order valence-corrected chi connectivity index (χ1v) is 6.03. The highest BCUT2D eigenvalue weighted by Crippen LogP contribution is 2.26. The van der Waals surface area contributed by atoms with Crippen molar-refractivity contribution < 1.29 is 4.74 Å². The number of hydrogen-bond acceptors (Lipinski definition) is 3. The van der Waals surface area contributed by atoms with E-state index in [4.69, 9.17) is 4.74 Å². The monoisotopic (exact) mass is 232 g/mol. The van der Waals surface area contributed by atoms with E-state index in [1.165, 1.54) is 0 Å². The van der Waals surface area contributed by atoms with Crippen LogP contribution in [0, 0.1) is 0 Å². The van der Waals surface area contributed by atoms with Crippen molar-refractivity contribution in [3.63, 3.8) is 0 Å². The number of anilines is 1. The largest absolute Gasteiger partial charge is 0.462 e. The van der Waals surface area contributed by atoms with Gasteiger partial charge in [0.05, 0.1) is 5.54 Å². The minimum Gasteiger partial charge on any atom is -0.462 e. The molecule has 3 nitrogen and oxygen atoms in total. The summed E-state index contributed by atoms with van der Waals surface area (Å²) in [6.45, 7) is 6.38. The Balaban J connectivity index is 2.25. The Labute approximate surface area is 103 Å². The molecule has 0 radical (unpaired) electrons. The highest BCUT2D eigenvalue weighted by Gasteiger charge is 2.29. The van der Waals surface area contributed by atoms with Crippen LogP contribution in [0.2, 0.25) is 0 Å². The van der Waals surface area contributed by atoms with Crippen LogP contribution in [0.25, 0.3) is 0 Å². The molecule has 0 N–H and O–H groups in total. The number of amidine groups is 1. The van der Waals surface area contributed by atoms with E-state index in [-0.39, 0.29) is 11.6 Å². The first-order chi connectivity index (χ1) is 7.98. The number of para-hydroxylation sites is 1. The molecule has 92 valence electrons. The molecule has 0 aromatic heterocycles. The first kappa shape index (κ1) is 12.0. The average molecular weight is 232 g/mol. The molecule has 0 fully saturated rings. The van der Waals surface area contributed by atoms with Crippen molar-refractivity contribution >= 4 is 11.7 Å². The normalized spacial score (nSPS) is 22.6. The summed E-state index contributed by atoms with van der Waals surface area (Å²) in [6, 6.07) is 10.9. The summed E-state index contributed by atoms with van der Waals surface area (Å²) < 4.78 is 5.81. The smallest absolute Gasteiger partial charge is 0.292 e. The van der Waals surface area contributed by atoms with Gasteiger partial charge >= 0.3 is 0 Å². The van der Waals surface area contributed by atoms with Crippen LogP contribution in [0.4, 0.5) is 5.69 Å². The molecule has 0 spiro atoms. The van der Waals surface area contributed by atoms with Gasteiger partial charge in [0, 0.05) is 19.2 Å². The molecule has 0 saturated heterocycles. The fourth-order valence-electron chi connectivity index (χ4n) is 2.17. The number of ether oxygens (including phenoxy) is 1. The molecule has 1 aliphatic rings. The summed E-state index contributed by atoms with van der Waals surface area (Å²) in [4.78, 5) is 6.66. The van der Waals surface area contributed by atoms with Gasteiger partial charge in [-0.1, -0.05) is 18.2 Å². The molecule has 1 aliphatic heterocycles. The van der Waals surface area contributed by atoms with Gasteiger partial charge in [0.25, 0.3) is 6.02 Å². The molecule has 1 aromatic carbocycles. The average Bonchev–Trinajstić information content (AvgIpc) is 2.26. The van der Waals surface area contributed by atoms with Gasteiger partial charge in [0.15, 0.2) is 0 Å². The quantitative estimate of drug-likeness (QED) is 0.743. The number of rotatable bonds is 1. The van der Waals surface area contributed by atoms with E-state index in [0.29, 0.717) is 6.02 Å². The zero-order valence-corrected chi connectivity index (χ0v) is 11.0. The summed E-state index contributed by atoms with van der Waals surface area (Å²) in [5.41, 5.74) is 1.05. The number of aliphatic imine (C=N–C) groups is 1. The van der Waals surface area contributed by atoms with Gasteiger partial charge in [0.2, 0.25) is 0 Å². The Morgan fingerprint density at radius 2 is 1.94 bits per heavy atom. The van der Waals surface area contributed by atoms with Crippen LogP contribution in [-0.4, -0.2) is 24.7 Å². The number of hydrogen-bond donors (Lipinski definition) is 0. The molecule has 1 heterocycles. The summed E-state index contributed by atoms with van der Waals surface area (Å²) in [7, 11) is 1.99. The van der Waals surface area contributed by atoms with Gasteiger partial charge in [0.1, 0.15) is 6.10 Å². The van der Waals surface area contributed by atoms with Gasteiger partial charge in [-0.15, -0.1) is 0 Å². The molecule has 3 heteroatoms. The van der Waals surface area contributed by atoms with E-state index >= 15 is 0 Å². The lowest BCUT2D eigenvalue weighted by Crippen LogP contribution is -2.41. The fraction of sp³-hybridized carbons (Fsp3) is 0.500. The van der Waals surface area contributed by atoms with Crippen molar-refractivity contribution in [3.8, 4) is 0 Å². The minimum absolute atomic E-state index is 0.0456. The van der Waals surface area contributed by atoms with Crippen LogP contribution in [0.3, 0.4) is 0 Å². The second-order valence-electron chi connectivity index (χ2n) is 5.23. The van der Waals surface area contributed by atoms with Crippen molar-refractivity contribution in [3.05, 3.63) is 30.3 Å². The van der Waals surface area contributed by atoms with Crippen LogP contribution in [0.15, 0.2) is 35.3 Å². The predicted octanol–water partition coefficient (Wildman–Crippen LogP) is 3.07. The van der Waals surface area contributed by atoms with Gasteiger partial charge in [-0.3, -0.25) is 4.90 Å². The van der Waals surface area contributed by atoms with E-state index < -0.39 is 0 Å². The first-order valence-electron chi connectivity index (χ1n) is 6.03. The van der Waals surface area contributed by atoms with Crippen molar-refractivity contribution in [2.45, 2.75) is 38.8 Å². The lowest BCUT2D eigenvalue weighted by molar-refractivity contribution is 0.141. The van der Waals surface area contributed by atoms with Crippen LogP contribution < -0.4 is 4.90 Å².